The molecule has 0 aliphatic heterocycles. The number of methoxy groups -OCH3 is 1. The fourth-order valence-electron chi connectivity index (χ4n) is 3.11. The highest BCUT2D eigenvalue weighted by Gasteiger charge is 2.13. The lowest BCUT2D eigenvalue weighted by atomic mass is 10.0. The van der Waals surface area contributed by atoms with Gasteiger partial charge in [-0.15, -0.1) is 0 Å². The molecule has 0 atom stereocenters. The molecule has 23 heavy (non-hydrogen) atoms. The third-order valence-corrected chi connectivity index (χ3v) is 4.50. The number of ether oxygens (including phenoxy) is 1. The van der Waals surface area contributed by atoms with E-state index in [0.29, 0.717) is 12.4 Å². The van der Waals surface area contributed by atoms with Gasteiger partial charge in [0.25, 0.3) is 0 Å². The summed E-state index contributed by atoms with van der Waals surface area (Å²) in [4.78, 5) is 8.46. The Morgan fingerprint density at radius 2 is 2.09 bits per heavy atom. The lowest BCUT2D eigenvalue weighted by Crippen LogP contribution is -2.37. The summed E-state index contributed by atoms with van der Waals surface area (Å²) < 4.78 is 5.06. The van der Waals surface area contributed by atoms with Crippen molar-refractivity contribution in [3.8, 4) is 5.88 Å². The van der Waals surface area contributed by atoms with Crippen LogP contribution in [0.25, 0.3) is 0 Å². The number of pyridine rings is 1. The lowest BCUT2D eigenvalue weighted by molar-refractivity contribution is 0.397. The van der Waals surface area contributed by atoms with Crippen LogP contribution in [0.5, 0.6) is 5.88 Å². The Balaban J connectivity index is 1.58. The second-order valence-corrected chi connectivity index (χ2v) is 6.21. The van der Waals surface area contributed by atoms with Crippen LogP contribution >= 0.6 is 0 Å². The van der Waals surface area contributed by atoms with Crippen LogP contribution in [0.1, 0.15) is 50.5 Å². The van der Waals surface area contributed by atoms with Gasteiger partial charge in [0.05, 0.1) is 7.11 Å². The van der Waals surface area contributed by atoms with Crippen molar-refractivity contribution in [3.05, 3.63) is 23.9 Å². The number of nitrogens with zero attached hydrogens (tertiary/aromatic N) is 2. The zero-order valence-electron chi connectivity index (χ0n) is 14.5. The number of guanidine groups is 1. The Labute approximate surface area is 139 Å². The molecule has 5 nitrogen and oxygen atoms in total. The maximum Gasteiger partial charge on any atom is 0.212 e. The molecule has 1 aliphatic carbocycles. The second-order valence-electron chi connectivity index (χ2n) is 6.21. The summed E-state index contributed by atoms with van der Waals surface area (Å²) in [6.45, 7) is 1.69. The monoisotopic (exact) mass is 318 g/mol. The largest absolute Gasteiger partial charge is 0.481 e. The van der Waals surface area contributed by atoms with Gasteiger partial charge in [-0.05, 0) is 17.9 Å². The van der Waals surface area contributed by atoms with Gasteiger partial charge in [-0.1, -0.05) is 44.6 Å². The molecule has 1 saturated carbocycles. The van der Waals surface area contributed by atoms with E-state index in [2.05, 4.69) is 20.6 Å². The van der Waals surface area contributed by atoms with Crippen molar-refractivity contribution in [2.75, 3.05) is 20.7 Å². The Bertz CT molecular complexity index is 466. The molecule has 1 aromatic heterocycles. The Morgan fingerprint density at radius 3 is 2.74 bits per heavy atom. The van der Waals surface area contributed by atoms with Crippen LogP contribution < -0.4 is 15.4 Å². The highest BCUT2D eigenvalue weighted by molar-refractivity contribution is 5.79. The van der Waals surface area contributed by atoms with E-state index in [1.807, 2.05) is 18.3 Å². The quantitative estimate of drug-likeness (QED) is 0.439. The Morgan fingerprint density at radius 1 is 1.26 bits per heavy atom. The van der Waals surface area contributed by atoms with Crippen LogP contribution in [0.4, 0.5) is 0 Å². The Hall–Kier alpha value is -1.78. The summed E-state index contributed by atoms with van der Waals surface area (Å²) in [5, 5.41) is 6.69. The third kappa shape index (κ3) is 6.47. The molecule has 0 bridgehead atoms. The SMILES string of the molecule is CN=C(NCCCCC1CCCC1)NCc1ccc(OC)nc1. The van der Waals surface area contributed by atoms with Gasteiger partial charge in [-0.3, -0.25) is 4.99 Å². The first kappa shape index (κ1) is 17.6. The molecule has 1 aromatic rings. The minimum absolute atomic E-state index is 0.638. The first-order valence-corrected chi connectivity index (χ1v) is 8.75. The maximum absolute atomic E-state index is 5.06. The van der Waals surface area contributed by atoms with Crippen molar-refractivity contribution in [1.29, 1.82) is 0 Å². The molecule has 0 aromatic carbocycles. The van der Waals surface area contributed by atoms with Crippen LogP contribution in [0.3, 0.4) is 0 Å². The normalized spacial score (nSPS) is 15.7. The molecule has 0 unspecified atom stereocenters. The van der Waals surface area contributed by atoms with Crippen molar-refractivity contribution < 1.29 is 4.74 Å². The average Bonchev–Trinajstić information content (AvgIpc) is 3.11. The summed E-state index contributed by atoms with van der Waals surface area (Å²) in [5.41, 5.74) is 1.11. The van der Waals surface area contributed by atoms with E-state index in [1.165, 1.54) is 44.9 Å². The average molecular weight is 318 g/mol. The van der Waals surface area contributed by atoms with Gasteiger partial charge in [0.15, 0.2) is 5.96 Å². The first-order chi connectivity index (χ1) is 11.3. The smallest absolute Gasteiger partial charge is 0.212 e. The van der Waals surface area contributed by atoms with Gasteiger partial charge >= 0.3 is 0 Å². The van der Waals surface area contributed by atoms with Crippen molar-refractivity contribution in [3.63, 3.8) is 0 Å². The summed E-state index contributed by atoms with van der Waals surface area (Å²) in [6.07, 6.45) is 11.5. The molecule has 2 rings (SSSR count). The Kier molecular flexibility index (Phi) is 7.70. The lowest BCUT2D eigenvalue weighted by Gasteiger charge is -2.13. The van der Waals surface area contributed by atoms with E-state index < -0.39 is 0 Å². The minimum atomic E-state index is 0.638. The van der Waals surface area contributed by atoms with Crippen molar-refractivity contribution in [1.82, 2.24) is 15.6 Å². The van der Waals surface area contributed by atoms with E-state index >= 15 is 0 Å². The van der Waals surface area contributed by atoms with Crippen LogP contribution in [-0.4, -0.2) is 31.6 Å². The predicted octanol–water partition coefficient (Wildman–Crippen LogP) is 3.12. The molecule has 0 saturated heterocycles. The molecule has 0 radical (unpaired) electrons. The number of aromatic nitrogens is 1. The number of hydrogen-bond donors (Lipinski definition) is 2. The molecule has 0 amide bonds. The first-order valence-electron chi connectivity index (χ1n) is 8.75. The van der Waals surface area contributed by atoms with E-state index in [1.54, 1.807) is 14.2 Å². The fourth-order valence-corrected chi connectivity index (χ4v) is 3.11. The zero-order valence-corrected chi connectivity index (χ0v) is 14.5. The van der Waals surface area contributed by atoms with Gasteiger partial charge in [-0.2, -0.15) is 0 Å². The van der Waals surface area contributed by atoms with Crippen molar-refractivity contribution >= 4 is 5.96 Å². The maximum atomic E-state index is 5.06. The van der Waals surface area contributed by atoms with E-state index in [9.17, 15) is 0 Å². The number of unbranched alkanes of at least 4 members (excludes halogenated alkanes) is 1. The second kappa shape index (κ2) is 10.1. The molecule has 1 heterocycles. The molecular weight excluding hydrogens is 288 g/mol. The van der Waals surface area contributed by atoms with Crippen LogP contribution in [0.2, 0.25) is 0 Å². The minimum Gasteiger partial charge on any atom is -0.481 e. The van der Waals surface area contributed by atoms with Gasteiger partial charge < -0.3 is 15.4 Å². The molecule has 0 spiro atoms. The molecule has 1 aliphatic rings. The van der Waals surface area contributed by atoms with Crippen molar-refractivity contribution in [2.24, 2.45) is 10.9 Å². The summed E-state index contributed by atoms with van der Waals surface area (Å²) in [6, 6.07) is 3.88. The van der Waals surface area contributed by atoms with Crippen LogP contribution in [0, 0.1) is 5.92 Å². The van der Waals surface area contributed by atoms with Gasteiger partial charge in [0.1, 0.15) is 0 Å². The number of aliphatic imine (C=N–C) groups is 1. The summed E-state index contributed by atoms with van der Waals surface area (Å²) in [5.74, 6) is 2.48. The highest BCUT2D eigenvalue weighted by atomic mass is 16.5. The van der Waals surface area contributed by atoms with Gasteiger partial charge in [-0.25, -0.2) is 4.98 Å². The fraction of sp³-hybridized carbons (Fsp3) is 0.667. The summed E-state index contributed by atoms with van der Waals surface area (Å²) in [7, 11) is 3.43. The number of nitrogens with one attached hydrogen (secondary N) is 2. The number of hydrogen-bond acceptors (Lipinski definition) is 3. The predicted molar refractivity (Wildman–Crippen MR) is 94.8 cm³/mol. The topological polar surface area (TPSA) is 58.5 Å². The van der Waals surface area contributed by atoms with Gasteiger partial charge in [0.2, 0.25) is 5.88 Å². The summed E-state index contributed by atoms with van der Waals surface area (Å²) >= 11 is 0. The third-order valence-electron chi connectivity index (χ3n) is 4.50. The van der Waals surface area contributed by atoms with Crippen molar-refractivity contribution in [2.45, 2.75) is 51.5 Å². The van der Waals surface area contributed by atoms with E-state index in [0.717, 1.165) is 24.0 Å². The molecule has 128 valence electrons. The highest BCUT2D eigenvalue weighted by Crippen LogP contribution is 2.28. The molecule has 2 N–H and O–H groups in total. The van der Waals surface area contributed by atoms with Gasteiger partial charge in [0, 0.05) is 32.4 Å². The molecule has 5 heteroatoms. The standard InChI is InChI=1S/C18H30N4O/c1-19-18(20-12-6-5-9-15-7-3-4-8-15)22-14-16-10-11-17(23-2)21-13-16/h10-11,13,15H,3-9,12,14H2,1-2H3,(H2,19,20,22). The molecule has 1 fully saturated rings. The van der Waals surface area contributed by atoms with E-state index in [-0.39, 0.29) is 0 Å². The number of rotatable bonds is 8. The van der Waals surface area contributed by atoms with E-state index in [4.69, 9.17) is 4.74 Å². The molecular formula is C18H30N4O. The zero-order chi connectivity index (χ0) is 16.3. The van der Waals surface area contributed by atoms with Crippen LogP contribution in [-0.2, 0) is 6.54 Å². The van der Waals surface area contributed by atoms with Crippen LogP contribution in [0.15, 0.2) is 23.3 Å².